The predicted molar refractivity (Wildman–Crippen MR) is 92.5 cm³/mol. The summed E-state index contributed by atoms with van der Waals surface area (Å²) >= 11 is 0. The van der Waals surface area contributed by atoms with Gasteiger partial charge < -0.3 is 4.74 Å². The molecule has 0 saturated heterocycles. The molecule has 1 aliphatic rings. The molecule has 0 aromatic heterocycles. The Morgan fingerprint density at radius 2 is 2.00 bits per heavy atom. The highest BCUT2D eigenvalue weighted by molar-refractivity contribution is 5.50. The monoisotopic (exact) mass is 347 g/mol. The first kappa shape index (κ1) is 17.5. The molecule has 132 valence electrons. The molecule has 0 saturated carbocycles. The molecular formula is C20H20F3NO. The fraction of sp³-hybridized carbons (Fsp3) is 0.300. The second-order valence-electron chi connectivity index (χ2n) is 6.26. The number of alkyl halides is 3. The summed E-state index contributed by atoms with van der Waals surface area (Å²) in [5.74, 6) is 0.968. The number of benzene rings is 2. The Hall–Kier alpha value is -2.27. The van der Waals surface area contributed by atoms with Crippen LogP contribution in [0.3, 0.4) is 0 Å². The molecule has 0 fully saturated rings. The van der Waals surface area contributed by atoms with Gasteiger partial charge in [-0.3, -0.25) is 4.90 Å². The summed E-state index contributed by atoms with van der Waals surface area (Å²) in [5.41, 5.74) is 2.38. The van der Waals surface area contributed by atoms with Gasteiger partial charge in [0.1, 0.15) is 5.75 Å². The lowest BCUT2D eigenvalue weighted by molar-refractivity contribution is -0.137. The van der Waals surface area contributed by atoms with Crippen LogP contribution in [-0.4, -0.2) is 25.1 Å². The maximum absolute atomic E-state index is 12.7. The van der Waals surface area contributed by atoms with Crippen molar-refractivity contribution in [1.29, 1.82) is 0 Å². The minimum atomic E-state index is -4.31. The Morgan fingerprint density at radius 3 is 2.80 bits per heavy atom. The zero-order chi connectivity index (χ0) is 17.9. The summed E-state index contributed by atoms with van der Waals surface area (Å²) in [6, 6.07) is 11.6. The van der Waals surface area contributed by atoms with Crippen LogP contribution in [-0.2, 0) is 19.1 Å². The number of nitrogens with zero attached hydrogens (tertiary/aromatic N) is 1. The zero-order valence-electron chi connectivity index (χ0n) is 14.0. The van der Waals surface area contributed by atoms with E-state index >= 15 is 0 Å². The normalized spacial score (nSPS) is 14.1. The Labute approximate surface area is 145 Å². The summed E-state index contributed by atoms with van der Waals surface area (Å²) < 4.78 is 43.6. The smallest absolute Gasteiger partial charge is 0.416 e. The van der Waals surface area contributed by atoms with Crippen LogP contribution in [0, 0.1) is 0 Å². The second-order valence-corrected chi connectivity index (χ2v) is 6.26. The molecule has 1 aliphatic heterocycles. The SMILES string of the molecule is CN(CC=Cc1cccc(C(F)(F)F)c1)Cc1ccc2c(c1)CCO2. The van der Waals surface area contributed by atoms with Crippen molar-refractivity contribution in [3.8, 4) is 5.75 Å². The lowest BCUT2D eigenvalue weighted by atomic mass is 10.1. The van der Waals surface area contributed by atoms with Crippen molar-refractivity contribution in [3.05, 3.63) is 70.8 Å². The minimum Gasteiger partial charge on any atom is -0.493 e. The van der Waals surface area contributed by atoms with Crippen molar-refractivity contribution in [1.82, 2.24) is 4.90 Å². The van der Waals surface area contributed by atoms with E-state index < -0.39 is 11.7 Å². The standard InChI is InChI=1S/C20H20F3NO/c1-24(14-16-7-8-19-17(12-16)9-11-25-19)10-3-5-15-4-2-6-18(13-15)20(21,22)23/h2-8,12-13H,9-11,14H2,1H3. The van der Waals surface area contributed by atoms with E-state index in [1.807, 2.05) is 19.2 Å². The van der Waals surface area contributed by atoms with E-state index in [1.54, 1.807) is 12.1 Å². The van der Waals surface area contributed by atoms with Gasteiger partial charge in [0.25, 0.3) is 0 Å². The molecule has 0 spiro atoms. The second kappa shape index (κ2) is 7.31. The largest absolute Gasteiger partial charge is 0.493 e. The lowest BCUT2D eigenvalue weighted by Crippen LogP contribution is -2.17. The van der Waals surface area contributed by atoms with Crippen molar-refractivity contribution < 1.29 is 17.9 Å². The van der Waals surface area contributed by atoms with E-state index in [-0.39, 0.29) is 0 Å². The van der Waals surface area contributed by atoms with Crippen molar-refractivity contribution in [2.75, 3.05) is 20.2 Å². The first-order valence-electron chi connectivity index (χ1n) is 8.19. The van der Waals surface area contributed by atoms with E-state index in [0.717, 1.165) is 37.5 Å². The zero-order valence-corrected chi connectivity index (χ0v) is 14.0. The molecule has 2 nitrogen and oxygen atoms in total. The van der Waals surface area contributed by atoms with Crippen molar-refractivity contribution in [3.63, 3.8) is 0 Å². The number of rotatable bonds is 5. The van der Waals surface area contributed by atoms with Gasteiger partial charge in [0, 0.05) is 19.5 Å². The van der Waals surface area contributed by atoms with E-state index in [1.165, 1.54) is 17.2 Å². The van der Waals surface area contributed by atoms with Gasteiger partial charge in [-0.1, -0.05) is 36.4 Å². The molecule has 0 bridgehead atoms. The number of ether oxygens (including phenoxy) is 1. The molecule has 3 rings (SSSR count). The lowest BCUT2D eigenvalue weighted by Gasteiger charge is -2.15. The first-order valence-corrected chi connectivity index (χ1v) is 8.19. The Bertz CT molecular complexity index is 768. The van der Waals surface area contributed by atoms with E-state index in [9.17, 15) is 13.2 Å². The molecular weight excluding hydrogens is 327 g/mol. The van der Waals surface area contributed by atoms with Gasteiger partial charge >= 0.3 is 6.18 Å². The van der Waals surface area contributed by atoms with Gasteiger partial charge in [-0.2, -0.15) is 13.2 Å². The molecule has 25 heavy (non-hydrogen) atoms. The average Bonchev–Trinajstić information content (AvgIpc) is 3.02. The van der Waals surface area contributed by atoms with Crippen LogP contribution in [0.15, 0.2) is 48.5 Å². The average molecular weight is 347 g/mol. The van der Waals surface area contributed by atoms with Gasteiger partial charge in [0.05, 0.1) is 12.2 Å². The highest BCUT2D eigenvalue weighted by Gasteiger charge is 2.30. The molecule has 0 amide bonds. The van der Waals surface area contributed by atoms with Gasteiger partial charge in [0.2, 0.25) is 0 Å². The van der Waals surface area contributed by atoms with Gasteiger partial charge in [-0.05, 0) is 41.9 Å². The Kier molecular flexibility index (Phi) is 5.13. The number of hydrogen-bond donors (Lipinski definition) is 0. The molecule has 5 heteroatoms. The third kappa shape index (κ3) is 4.63. The molecule has 0 unspecified atom stereocenters. The minimum absolute atomic E-state index is 0.554. The van der Waals surface area contributed by atoms with Crippen molar-refractivity contribution in [2.45, 2.75) is 19.1 Å². The summed E-state index contributed by atoms with van der Waals surface area (Å²) in [4.78, 5) is 2.11. The van der Waals surface area contributed by atoms with E-state index in [4.69, 9.17) is 4.74 Å². The van der Waals surface area contributed by atoms with Crippen LogP contribution in [0.2, 0.25) is 0 Å². The van der Waals surface area contributed by atoms with Gasteiger partial charge in [-0.25, -0.2) is 0 Å². The molecule has 2 aromatic carbocycles. The maximum atomic E-state index is 12.7. The summed E-state index contributed by atoms with van der Waals surface area (Å²) in [7, 11) is 1.99. The van der Waals surface area contributed by atoms with Crippen LogP contribution in [0.5, 0.6) is 5.75 Å². The number of hydrogen-bond acceptors (Lipinski definition) is 2. The van der Waals surface area contributed by atoms with Crippen LogP contribution in [0.1, 0.15) is 22.3 Å². The quantitative estimate of drug-likeness (QED) is 0.771. The van der Waals surface area contributed by atoms with Crippen LogP contribution in [0.4, 0.5) is 13.2 Å². The third-order valence-corrected chi connectivity index (χ3v) is 4.15. The summed E-state index contributed by atoms with van der Waals surface area (Å²) in [6.07, 6.45) is 0.245. The number of halogens is 3. The van der Waals surface area contributed by atoms with E-state index in [0.29, 0.717) is 12.1 Å². The van der Waals surface area contributed by atoms with Gasteiger partial charge in [-0.15, -0.1) is 0 Å². The summed E-state index contributed by atoms with van der Waals surface area (Å²) in [5, 5.41) is 0. The first-order chi connectivity index (χ1) is 11.9. The third-order valence-electron chi connectivity index (χ3n) is 4.15. The molecule has 1 heterocycles. The van der Waals surface area contributed by atoms with Crippen molar-refractivity contribution in [2.24, 2.45) is 0 Å². The molecule has 0 atom stereocenters. The fourth-order valence-corrected chi connectivity index (χ4v) is 2.90. The predicted octanol–water partition coefficient (Wildman–Crippen LogP) is 4.79. The van der Waals surface area contributed by atoms with E-state index in [2.05, 4.69) is 17.0 Å². The summed E-state index contributed by atoms with van der Waals surface area (Å²) in [6.45, 7) is 2.18. The Morgan fingerprint density at radius 1 is 1.16 bits per heavy atom. The molecule has 0 N–H and O–H groups in total. The van der Waals surface area contributed by atoms with Crippen LogP contribution >= 0.6 is 0 Å². The topological polar surface area (TPSA) is 12.5 Å². The number of fused-ring (bicyclic) bond motifs is 1. The van der Waals surface area contributed by atoms with Crippen LogP contribution in [0.25, 0.3) is 6.08 Å². The maximum Gasteiger partial charge on any atom is 0.416 e. The van der Waals surface area contributed by atoms with Crippen molar-refractivity contribution >= 4 is 6.08 Å². The highest BCUT2D eigenvalue weighted by Crippen LogP contribution is 2.30. The Balaban J connectivity index is 1.57. The highest BCUT2D eigenvalue weighted by atomic mass is 19.4. The molecule has 0 radical (unpaired) electrons. The molecule has 0 aliphatic carbocycles. The van der Waals surface area contributed by atoms with Crippen LogP contribution < -0.4 is 4.74 Å². The molecule has 2 aromatic rings. The number of likely N-dealkylation sites (N-methyl/N-ethyl adjacent to an activating group) is 1. The fourth-order valence-electron chi connectivity index (χ4n) is 2.90. The van der Waals surface area contributed by atoms with Gasteiger partial charge in [0.15, 0.2) is 0 Å².